The number of aryl methyl sites for hydroxylation is 1. The molecule has 0 unspecified atom stereocenters. The van der Waals surface area contributed by atoms with Crippen LogP contribution in [-0.4, -0.2) is 21.6 Å². The predicted molar refractivity (Wildman–Crippen MR) is 115 cm³/mol. The molecular weight excluding hydrogens is 417 g/mol. The highest BCUT2D eigenvalue weighted by atomic mass is 35.5. The molecule has 2 heterocycles. The molecule has 0 radical (unpaired) electrons. The van der Waals surface area contributed by atoms with Gasteiger partial charge in [0.25, 0.3) is 0 Å². The molecule has 142 valence electrons. The van der Waals surface area contributed by atoms with Gasteiger partial charge in [-0.1, -0.05) is 60.1 Å². The fraction of sp³-hybridized carbons (Fsp3) is 0.150. The van der Waals surface area contributed by atoms with Crippen LogP contribution >= 0.6 is 35.0 Å². The summed E-state index contributed by atoms with van der Waals surface area (Å²) in [5.74, 6) is 0.643. The zero-order chi connectivity index (χ0) is 19.7. The molecular formula is C20H15Cl2N3O2S. The minimum Gasteiger partial charge on any atom is -0.451 e. The van der Waals surface area contributed by atoms with E-state index in [1.165, 1.54) is 11.8 Å². The van der Waals surface area contributed by atoms with Gasteiger partial charge in [-0.15, -0.1) is 0 Å². The lowest BCUT2D eigenvalue weighted by molar-refractivity contribution is -0.113. The van der Waals surface area contributed by atoms with E-state index >= 15 is 0 Å². The zero-order valence-corrected chi connectivity index (χ0v) is 17.2. The third-order valence-corrected chi connectivity index (χ3v) is 5.89. The number of thioether (sulfide) groups is 1. The number of furan rings is 1. The molecule has 2 aromatic carbocycles. The third kappa shape index (κ3) is 3.68. The Hall–Kier alpha value is -2.28. The second-order valence-corrected chi connectivity index (χ2v) is 7.76. The quantitative estimate of drug-likeness (QED) is 0.311. The number of carbonyl (C=O) groups excluding carboxylic acids is 1. The van der Waals surface area contributed by atoms with Gasteiger partial charge in [-0.2, -0.15) is 0 Å². The highest BCUT2D eigenvalue weighted by Gasteiger charge is 2.17. The van der Waals surface area contributed by atoms with Crippen LogP contribution in [0.25, 0.3) is 22.1 Å². The molecule has 0 saturated heterocycles. The first kappa shape index (κ1) is 19.1. The molecule has 2 aromatic heterocycles. The van der Waals surface area contributed by atoms with Gasteiger partial charge in [0.15, 0.2) is 5.58 Å². The van der Waals surface area contributed by atoms with Crippen LogP contribution in [0.4, 0.5) is 5.69 Å². The summed E-state index contributed by atoms with van der Waals surface area (Å²) >= 11 is 13.4. The summed E-state index contributed by atoms with van der Waals surface area (Å²) < 4.78 is 5.95. The van der Waals surface area contributed by atoms with Gasteiger partial charge in [0.05, 0.1) is 21.5 Å². The Morgan fingerprint density at radius 1 is 1.14 bits per heavy atom. The van der Waals surface area contributed by atoms with Crippen LogP contribution in [0, 0.1) is 0 Å². The van der Waals surface area contributed by atoms with E-state index in [1.807, 2.05) is 31.2 Å². The number of para-hydroxylation sites is 1. The Kier molecular flexibility index (Phi) is 5.44. The summed E-state index contributed by atoms with van der Waals surface area (Å²) in [4.78, 5) is 21.6. The molecule has 8 heteroatoms. The van der Waals surface area contributed by atoms with Crippen molar-refractivity contribution in [1.82, 2.24) is 9.97 Å². The third-order valence-electron chi connectivity index (χ3n) is 4.12. The molecule has 0 fully saturated rings. The highest BCUT2D eigenvalue weighted by Crippen LogP contribution is 2.34. The first-order chi connectivity index (χ1) is 13.6. The molecule has 28 heavy (non-hydrogen) atoms. The van der Waals surface area contributed by atoms with Crippen molar-refractivity contribution in [3.05, 3.63) is 58.3 Å². The number of hydrogen-bond acceptors (Lipinski definition) is 5. The smallest absolute Gasteiger partial charge is 0.234 e. The summed E-state index contributed by atoms with van der Waals surface area (Å²) in [6.07, 6.45) is 0.688. The largest absolute Gasteiger partial charge is 0.451 e. The molecule has 0 aliphatic heterocycles. The van der Waals surface area contributed by atoms with Gasteiger partial charge in [-0.3, -0.25) is 4.79 Å². The van der Waals surface area contributed by atoms with Crippen LogP contribution in [-0.2, 0) is 11.2 Å². The van der Waals surface area contributed by atoms with Crippen LogP contribution in [0.1, 0.15) is 12.7 Å². The van der Waals surface area contributed by atoms with Crippen LogP contribution in [0.2, 0.25) is 10.0 Å². The van der Waals surface area contributed by atoms with Crippen molar-refractivity contribution in [1.29, 1.82) is 0 Å². The van der Waals surface area contributed by atoms with Gasteiger partial charge >= 0.3 is 0 Å². The maximum atomic E-state index is 12.4. The van der Waals surface area contributed by atoms with Gasteiger partial charge in [0.2, 0.25) is 5.91 Å². The van der Waals surface area contributed by atoms with Gasteiger partial charge in [0, 0.05) is 11.8 Å². The lowest BCUT2D eigenvalue weighted by atomic mass is 10.2. The maximum Gasteiger partial charge on any atom is 0.234 e. The Labute approximate surface area is 175 Å². The van der Waals surface area contributed by atoms with Crippen molar-refractivity contribution >= 4 is 68.6 Å². The van der Waals surface area contributed by atoms with Crippen LogP contribution in [0.3, 0.4) is 0 Å². The van der Waals surface area contributed by atoms with Crippen molar-refractivity contribution in [2.45, 2.75) is 18.4 Å². The van der Waals surface area contributed by atoms with E-state index in [2.05, 4.69) is 15.3 Å². The van der Waals surface area contributed by atoms with Crippen molar-refractivity contribution in [3.8, 4) is 0 Å². The van der Waals surface area contributed by atoms with Gasteiger partial charge in [-0.05, 0) is 24.3 Å². The molecule has 4 aromatic rings. The number of carbonyl (C=O) groups is 1. The van der Waals surface area contributed by atoms with E-state index in [9.17, 15) is 4.79 Å². The zero-order valence-electron chi connectivity index (χ0n) is 14.8. The lowest BCUT2D eigenvalue weighted by Gasteiger charge is -2.08. The second kappa shape index (κ2) is 7.99. The van der Waals surface area contributed by atoms with Crippen molar-refractivity contribution < 1.29 is 9.21 Å². The van der Waals surface area contributed by atoms with E-state index < -0.39 is 0 Å². The Balaban J connectivity index is 1.60. The topological polar surface area (TPSA) is 68.0 Å². The Morgan fingerprint density at radius 3 is 2.79 bits per heavy atom. The Morgan fingerprint density at radius 2 is 1.96 bits per heavy atom. The van der Waals surface area contributed by atoms with Crippen molar-refractivity contribution in [2.24, 2.45) is 0 Å². The Bertz CT molecular complexity index is 1190. The van der Waals surface area contributed by atoms with Crippen molar-refractivity contribution in [2.75, 3.05) is 11.1 Å². The first-order valence-corrected chi connectivity index (χ1v) is 10.4. The minimum atomic E-state index is -0.213. The maximum absolute atomic E-state index is 12.4. The number of amides is 1. The molecule has 4 rings (SSSR count). The summed E-state index contributed by atoms with van der Waals surface area (Å²) in [5, 5.41) is 5.06. The van der Waals surface area contributed by atoms with Gasteiger partial charge in [0.1, 0.15) is 22.0 Å². The fourth-order valence-electron chi connectivity index (χ4n) is 2.79. The molecule has 1 N–H and O–H groups in total. The van der Waals surface area contributed by atoms with Crippen LogP contribution in [0.15, 0.2) is 51.9 Å². The van der Waals surface area contributed by atoms with E-state index in [-0.39, 0.29) is 11.7 Å². The number of fused-ring (bicyclic) bond motifs is 3. The lowest BCUT2D eigenvalue weighted by Crippen LogP contribution is -2.14. The predicted octanol–water partition coefficient (Wildman–Crippen LogP) is 5.98. The summed E-state index contributed by atoms with van der Waals surface area (Å²) in [5.41, 5.74) is 2.59. The average molecular weight is 432 g/mol. The molecule has 5 nitrogen and oxygen atoms in total. The molecule has 0 spiro atoms. The standard InChI is InChI=1S/C20H15Cl2N3O2S/c1-2-15-24-18-11-6-3-4-9-14(11)27-19(18)20(25-15)28-10-16(26)23-13-8-5-7-12(21)17(13)22/h3-9H,2,10H2,1H3,(H,23,26). The minimum absolute atomic E-state index is 0.148. The molecule has 1 amide bonds. The normalized spacial score (nSPS) is 11.2. The number of hydrogen-bond donors (Lipinski definition) is 1. The van der Waals surface area contributed by atoms with Crippen molar-refractivity contribution in [3.63, 3.8) is 0 Å². The number of nitrogens with one attached hydrogen (secondary N) is 1. The summed E-state index contributed by atoms with van der Waals surface area (Å²) in [6, 6.07) is 12.8. The number of rotatable bonds is 5. The van der Waals surface area contributed by atoms with E-state index in [4.69, 9.17) is 27.6 Å². The number of halogens is 2. The van der Waals surface area contributed by atoms with E-state index in [0.29, 0.717) is 38.6 Å². The number of anilines is 1. The fourth-order valence-corrected chi connectivity index (χ4v) is 3.91. The van der Waals surface area contributed by atoms with E-state index in [0.717, 1.165) is 16.5 Å². The van der Waals surface area contributed by atoms with Gasteiger partial charge < -0.3 is 9.73 Å². The molecule has 0 aliphatic rings. The molecule has 0 saturated carbocycles. The number of aromatic nitrogens is 2. The monoisotopic (exact) mass is 431 g/mol. The van der Waals surface area contributed by atoms with Crippen LogP contribution in [0.5, 0.6) is 0 Å². The molecule has 0 atom stereocenters. The highest BCUT2D eigenvalue weighted by molar-refractivity contribution is 8.00. The van der Waals surface area contributed by atoms with E-state index in [1.54, 1.807) is 18.2 Å². The second-order valence-electron chi connectivity index (χ2n) is 6.01. The first-order valence-electron chi connectivity index (χ1n) is 8.61. The SMILES string of the molecule is CCc1nc(SCC(=O)Nc2cccc(Cl)c2Cl)c2oc3ccccc3c2n1. The summed E-state index contributed by atoms with van der Waals surface area (Å²) in [6.45, 7) is 1.99. The van der Waals surface area contributed by atoms with Crippen LogP contribution < -0.4 is 5.32 Å². The average Bonchev–Trinajstić information content (AvgIpc) is 3.08. The number of nitrogens with zero attached hydrogens (tertiary/aromatic N) is 2. The van der Waals surface area contributed by atoms with Gasteiger partial charge in [-0.25, -0.2) is 9.97 Å². The molecule has 0 aliphatic carbocycles. The summed E-state index contributed by atoms with van der Waals surface area (Å²) in [7, 11) is 0. The number of benzene rings is 2. The molecule has 0 bridgehead atoms.